The molecule has 86 valence electrons. The second-order valence-electron chi connectivity index (χ2n) is 3.43. The zero-order valence-corrected chi connectivity index (χ0v) is 10.7. The van der Waals surface area contributed by atoms with E-state index in [0.717, 1.165) is 16.4 Å². The summed E-state index contributed by atoms with van der Waals surface area (Å²) >= 11 is 3.07. The number of pyridine rings is 1. The molecule has 0 spiro atoms. The van der Waals surface area contributed by atoms with Crippen molar-refractivity contribution in [2.24, 2.45) is 0 Å². The molecule has 0 saturated carbocycles. The normalized spacial score (nSPS) is 10.2. The first-order valence-electron chi connectivity index (χ1n) is 5.08. The average Bonchev–Trinajstić information content (AvgIpc) is 3.09. The van der Waals surface area contributed by atoms with Gasteiger partial charge in [0.1, 0.15) is 28.2 Å². The molecule has 0 aliphatic carbocycles. The van der Waals surface area contributed by atoms with Gasteiger partial charge in [0.15, 0.2) is 0 Å². The largest absolute Gasteiger partial charge is 0.242 e. The number of nitrogens with zero attached hydrogens (tertiary/aromatic N) is 4. The monoisotopic (exact) mass is 270 g/mol. The van der Waals surface area contributed by atoms with Crippen LogP contribution in [0.2, 0.25) is 0 Å². The molecule has 0 aliphatic rings. The molecule has 0 atom stereocenters. The summed E-state index contributed by atoms with van der Waals surface area (Å²) in [5, 5.41) is 13.6. The van der Waals surface area contributed by atoms with Crippen LogP contribution >= 0.6 is 22.7 Å². The van der Waals surface area contributed by atoms with E-state index >= 15 is 0 Å². The van der Waals surface area contributed by atoms with Crippen LogP contribution in [-0.4, -0.2) is 15.0 Å². The first-order valence-corrected chi connectivity index (χ1v) is 6.90. The number of hydrogen-bond acceptors (Lipinski definition) is 6. The SMILES string of the molecule is N#Cc1cccc(-c2csc(-c3cscn3)n2)n1. The molecule has 0 unspecified atom stereocenters. The van der Waals surface area contributed by atoms with E-state index in [9.17, 15) is 0 Å². The molecule has 3 aromatic rings. The van der Waals surface area contributed by atoms with Gasteiger partial charge in [0.05, 0.1) is 11.2 Å². The summed E-state index contributed by atoms with van der Waals surface area (Å²) in [6.07, 6.45) is 0. The second-order valence-corrected chi connectivity index (χ2v) is 5.01. The van der Waals surface area contributed by atoms with E-state index in [2.05, 4.69) is 15.0 Å². The quantitative estimate of drug-likeness (QED) is 0.717. The molecule has 0 N–H and O–H groups in total. The molecular weight excluding hydrogens is 264 g/mol. The highest BCUT2D eigenvalue weighted by atomic mass is 32.1. The molecular formula is C12H6N4S2. The topological polar surface area (TPSA) is 62.5 Å². The van der Waals surface area contributed by atoms with E-state index in [1.807, 2.05) is 29.0 Å². The van der Waals surface area contributed by atoms with Crippen molar-refractivity contribution >= 4 is 22.7 Å². The van der Waals surface area contributed by atoms with Gasteiger partial charge in [-0.1, -0.05) is 6.07 Å². The average molecular weight is 270 g/mol. The minimum absolute atomic E-state index is 0.399. The molecule has 6 heteroatoms. The van der Waals surface area contributed by atoms with Crippen molar-refractivity contribution in [3.05, 3.63) is 40.2 Å². The van der Waals surface area contributed by atoms with Gasteiger partial charge in [-0.2, -0.15) is 5.26 Å². The summed E-state index contributed by atoms with van der Waals surface area (Å²) in [6.45, 7) is 0. The zero-order valence-electron chi connectivity index (χ0n) is 9.07. The van der Waals surface area contributed by atoms with Gasteiger partial charge in [-0.3, -0.25) is 0 Å². The van der Waals surface area contributed by atoms with Crippen molar-refractivity contribution in [1.29, 1.82) is 5.26 Å². The number of hydrogen-bond donors (Lipinski definition) is 0. The third kappa shape index (κ3) is 2.01. The van der Waals surface area contributed by atoms with E-state index in [0.29, 0.717) is 11.4 Å². The minimum Gasteiger partial charge on any atom is -0.242 e. The van der Waals surface area contributed by atoms with Crippen molar-refractivity contribution in [3.8, 4) is 28.2 Å². The number of aromatic nitrogens is 3. The van der Waals surface area contributed by atoms with Gasteiger partial charge < -0.3 is 0 Å². The van der Waals surface area contributed by atoms with Crippen LogP contribution < -0.4 is 0 Å². The van der Waals surface area contributed by atoms with Gasteiger partial charge in [0, 0.05) is 10.8 Å². The summed E-state index contributed by atoms with van der Waals surface area (Å²) in [7, 11) is 0. The molecule has 3 rings (SSSR count). The Hall–Kier alpha value is -2.10. The third-order valence-corrected chi connectivity index (χ3v) is 3.73. The summed E-state index contributed by atoms with van der Waals surface area (Å²) in [6, 6.07) is 7.36. The van der Waals surface area contributed by atoms with Gasteiger partial charge in [-0.15, -0.1) is 22.7 Å². The molecule has 3 heterocycles. The predicted molar refractivity (Wildman–Crippen MR) is 71.2 cm³/mol. The molecule has 0 radical (unpaired) electrons. The summed E-state index contributed by atoms with van der Waals surface area (Å²) in [5.41, 5.74) is 4.56. The van der Waals surface area contributed by atoms with Crippen molar-refractivity contribution in [1.82, 2.24) is 15.0 Å². The molecule has 0 aliphatic heterocycles. The maximum Gasteiger partial charge on any atom is 0.143 e. The van der Waals surface area contributed by atoms with Gasteiger partial charge >= 0.3 is 0 Å². The van der Waals surface area contributed by atoms with E-state index in [1.54, 1.807) is 22.9 Å². The van der Waals surface area contributed by atoms with Crippen LogP contribution in [0.3, 0.4) is 0 Å². The Labute approximate surface area is 111 Å². The number of rotatable bonds is 2. The number of nitriles is 1. The Morgan fingerprint density at radius 1 is 1.06 bits per heavy atom. The Morgan fingerprint density at radius 3 is 2.78 bits per heavy atom. The molecule has 0 aromatic carbocycles. The first-order chi connectivity index (χ1) is 8.86. The van der Waals surface area contributed by atoms with Gasteiger partial charge in [0.25, 0.3) is 0 Å². The van der Waals surface area contributed by atoms with Crippen LogP contribution in [0, 0.1) is 11.3 Å². The lowest BCUT2D eigenvalue weighted by Crippen LogP contribution is -1.87. The smallest absolute Gasteiger partial charge is 0.143 e. The lowest BCUT2D eigenvalue weighted by molar-refractivity contribution is 1.23. The van der Waals surface area contributed by atoms with Crippen molar-refractivity contribution in [2.75, 3.05) is 0 Å². The third-order valence-electron chi connectivity index (χ3n) is 2.28. The first kappa shape index (κ1) is 11.0. The lowest BCUT2D eigenvalue weighted by Gasteiger charge is -1.95. The summed E-state index contributed by atoms with van der Waals surface area (Å²) in [4.78, 5) is 12.9. The van der Waals surface area contributed by atoms with Gasteiger partial charge in [-0.25, -0.2) is 15.0 Å². The Bertz CT molecular complexity index is 710. The highest BCUT2D eigenvalue weighted by Crippen LogP contribution is 2.27. The van der Waals surface area contributed by atoms with Crippen LogP contribution in [-0.2, 0) is 0 Å². The van der Waals surface area contributed by atoms with E-state index in [1.165, 1.54) is 11.3 Å². The predicted octanol–water partition coefficient (Wildman–Crippen LogP) is 3.20. The molecule has 3 aromatic heterocycles. The van der Waals surface area contributed by atoms with Crippen molar-refractivity contribution in [2.45, 2.75) is 0 Å². The molecule has 0 bridgehead atoms. The standard InChI is InChI=1S/C12H6N4S2/c13-4-8-2-1-3-9(15-8)10-6-18-12(16-10)11-5-17-7-14-11/h1-3,5-7H. The minimum atomic E-state index is 0.399. The van der Waals surface area contributed by atoms with Crippen LogP contribution in [0.25, 0.3) is 22.1 Å². The molecule has 0 fully saturated rings. The van der Waals surface area contributed by atoms with Crippen LogP contribution in [0.15, 0.2) is 34.5 Å². The van der Waals surface area contributed by atoms with Crippen LogP contribution in [0.5, 0.6) is 0 Å². The molecule has 0 amide bonds. The fourth-order valence-corrected chi connectivity index (χ4v) is 2.86. The maximum absolute atomic E-state index is 8.83. The molecule has 4 nitrogen and oxygen atoms in total. The van der Waals surface area contributed by atoms with Crippen molar-refractivity contribution < 1.29 is 0 Å². The summed E-state index contributed by atoms with van der Waals surface area (Å²) in [5.74, 6) is 0. The molecule has 18 heavy (non-hydrogen) atoms. The Morgan fingerprint density at radius 2 is 2.00 bits per heavy atom. The van der Waals surface area contributed by atoms with Gasteiger partial charge in [-0.05, 0) is 12.1 Å². The van der Waals surface area contributed by atoms with Crippen LogP contribution in [0.1, 0.15) is 5.69 Å². The second kappa shape index (κ2) is 4.64. The Balaban J connectivity index is 2.01. The highest BCUT2D eigenvalue weighted by Gasteiger charge is 2.09. The Kier molecular flexibility index (Phi) is 2.84. The van der Waals surface area contributed by atoms with Crippen molar-refractivity contribution in [3.63, 3.8) is 0 Å². The lowest BCUT2D eigenvalue weighted by atomic mass is 10.2. The summed E-state index contributed by atoms with van der Waals surface area (Å²) < 4.78 is 0. The highest BCUT2D eigenvalue weighted by molar-refractivity contribution is 7.14. The van der Waals surface area contributed by atoms with E-state index < -0.39 is 0 Å². The van der Waals surface area contributed by atoms with Crippen LogP contribution in [0.4, 0.5) is 0 Å². The number of thiazole rings is 2. The van der Waals surface area contributed by atoms with E-state index in [-0.39, 0.29) is 0 Å². The molecule has 0 saturated heterocycles. The maximum atomic E-state index is 8.83. The van der Waals surface area contributed by atoms with Gasteiger partial charge in [0.2, 0.25) is 0 Å². The van der Waals surface area contributed by atoms with E-state index in [4.69, 9.17) is 5.26 Å². The fourth-order valence-electron chi connectivity index (χ4n) is 1.47. The zero-order chi connectivity index (χ0) is 12.4. The fraction of sp³-hybridized carbons (Fsp3) is 0.